The van der Waals surface area contributed by atoms with Crippen molar-refractivity contribution in [2.24, 2.45) is 0 Å². The van der Waals surface area contributed by atoms with Gasteiger partial charge in [-0.05, 0) is 31.2 Å². The van der Waals surface area contributed by atoms with Crippen LogP contribution in [-0.4, -0.2) is 25.3 Å². The van der Waals surface area contributed by atoms with Gasteiger partial charge in [-0.3, -0.25) is 4.79 Å². The number of fused-ring (bicyclic) bond motifs is 1. The Labute approximate surface area is 149 Å². The van der Waals surface area contributed by atoms with Gasteiger partial charge in [0.25, 0.3) is 5.91 Å². The molecule has 2 aliphatic rings. The van der Waals surface area contributed by atoms with E-state index in [-0.39, 0.29) is 12.5 Å². The van der Waals surface area contributed by atoms with Crippen molar-refractivity contribution >= 4 is 23.7 Å². The molecule has 0 saturated carbocycles. The third-order valence-corrected chi connectivity index (χ3v) is 4.00. The molecular formula is C19H16N2O5. The molecule has 2 aromatic rings. The van der Waals surface area contributed by atoms with Crippen LogP contribution in [0.15, 0.2) is 48.2 Å². The van der Waals surface area contributed by atoms with E-state index in [4.69, 9.17) is 14.2 Å². The standard InChI is InChI=1S/C19H16N2O5/c1-2-24-15-10-17-16(25-11-26-17)9-12(15)8-14-18(22)21(19(23)20-14)13-6-4-3-5-7-13/h3-10H,2,11H2,1H3,(H,20,23)/b14-8-. The van der Waals surface area contributed by atoms with Gasteiger partial charge in [0.1, 0.15) is 11.4 Å². The second kappa shape index (κ2) is 6.44. The molecular weight excluding hydrogens is 336 g/mol. The van der Waals surface area contributed by atoms with E-state index < -0.39 is 11.9 Å². The van der Waals surface area contributed by atoms with E-state index in [2.05, 4.69) is 5.32 Å². The third-order valence-electron chi connectivity index (χ3n) is 4.00. The molecule has 0 bridgehead atoms. The number of ether oxygens (including phenoxy) is 3. The highest BCUT2D eigenvalue weighted by Gasteiger charge is 2.35. The Balaban J connectivity index is 1.71. The first kappa shape index (κ1) is 16.0. The van der Waals surface area contributed by atoms with Gasteiger partial charge in [0.15, 0.2) is 11.5 Å². The van der Waals surface area contributed by atoms with Crippen LogP contribution in [0, 0.1) is 0 Å². The van der Waals surface area contributed by atoms with Crippen molar-refractivity contribution in [3.8, 4) is 17.2 Å². The quantitative estimate of drug-likeness (QED) is 0.676. The summed E-state index contributed by atoms with van der Waals surface area (Å²) in [6, 6.07) is 11.7. The number of carbonyl (C=O) groups is 2. The maximum atomic E-state index is 12.7. The Morgan fingerprint density at radius 3 is 2.62 bits per heavy atom. The zero-order valence-corrected chi connectivity index (χ0v) is 14.0. The van der Waals surface area contributed by atoms with Crippen LogP contribution in [0.2, 0.25) is 0 Å². The number of anilines is 1. The number of hydrogen-bond donors (Lipinski definition) is 1. The van der Waals surface area contributed by atoms with Gasteiger partial charge in [0.05, 0.1) is 12.3 Å². The number of imide groups is 1. The van der Waals surface area contributed by atoms with Gasteiger partial charge in [-0.25, -0.2) is 9.69 Å². The molecule has 7 nitrogen and oxygen atoms in total. The lowest BCUT2D eigenvalue weighted by Gasteiger charge is -2.11. The van der Waals surface area contributed by atoms with Crippen LogP contribution in [0.3, 0.4) is 0 Å². The summed E-state index contributed by atoms with van der Waals surface area (Å²) in [4.78, 5) is 26.1. The summed E-state index contributed by atoms with van der Waals surface area (Å²) in [6.07, 6.45) is 1.58. The van der Waals surface area contributed by atoms with Crippen molar-refractivity contribution in [2.45, 2.75) is 6.92 Å². The summed E-state index contributed by atoms with van der Waals surface area (Å²) in [5.41, 5.74) is 1.29. The molecule has 26 heavy (non-hydrogen) atoms. The number of carbonyl (C=O) groups excluding carboxylic acids is 2. The summed E-state index contributed by atoms with van der Waals surface area (Å²) < 4.78 is 16.4. The second-order valence-electron chi connectivity index (χ2n) is 5.64. The molecule has 2 aliphatic heterocycles. The topological polar surface area (TPSA) is 77.1 Å². The first-order chi connectivity index (χ1) is 12.7. The fourth-order valence-electron chi connectivity index (χ4n) is 2.83. The first-order valence-electron chi connectivity index (χ1n) is 8.16. The van der Waals surface area contributed by atoms with Crippen molar-refractivity contribution in [3.63, 3.8) is 0 Å². The summed E-state index contributed by atoms with van der Waals surface area (Å²) >= 11 is 0. The molecule has 0 radical (unpaired) electrons. The molecule has 3 amide bonds. The Kier molecular flexibility index (Phi) is 3.96. The molecule has 7 heteroatoms. The molecule has 132 valence electrons. The van der Waals surface area contributed by atoms with E-state index in [0.29, 0.717) is 35.1 Å². The number of nitrogens with one attached hydrogen (secondary N) is 1. The monoisotopic (exact) mass is 352 g/mol. The van der Waals surface area contributed by atoms with Gasteiger partial charge < -0.3 is 19.5 Å². The highest BCUT2D eigenvalue weighted by atomic mass is 16.7. The van der Waals surface area contributed by atoms with E-state index in [1.807, 2.05) is 13.0 Å². The van der Waals surface area contributed by atoms with Gasteiger partial charge in [0.2, 0.25) is 6.79 Å². The molecule has 0 aromatic heterocycles. The van der Waals surface area contributed by atoms with Crippen molar-refractivity contribution in [3.05, 3.63) is 53.7 Å². The highest BCUT2D eigenvalue weighted by molar-refractivity contribution is 6.28. The molecule has 0 spiro atoms. The van der Waals surface area contributed by atoms with Gasteiger partial charge in [-0.15, -0.1) is 0 Å². The minimum Gasteiger partial charge on any atom is -0.493 e. The number of nitrogens with zero attached hydrogens (tertiary/aromatic N) is 1. The van der Waals surface area contributed by atoms with E-state index in [1.165, 1.54) is 0 Å². The molecule has 0 aliphatic carbocycles. The molecule has 2 heterocycles. The fraction of sp³-hybridized carbons (Fsp3) is 0.158. The number of rotatable bonds is 4. The number of benzene rings is 2. The summed E-state index contributed by atoms with van der Waals surface area (Å²) in [6.45, 7) is 2.45. The predicted octanol–water partition coefficient (Wildman–Crippen LogP) is 2.91. The van der Waals surface area contributed by atoms with E-state index in [1.54, 1.807) is 42.5 Å². The third kappa shape index (κ3) is 2.73. The van der Waals surface area contributed by atoms with Crippen LogP contribution in [0.1, 0.15) is 12.5 Å². The number of urea groups is 1. The Morgan fingerprint density at radius 2 is 1.88 bits per heavy atom. The molecule has 4 rings (SSSR count). The summed E-state index contributed by atoms with van der Waals surface area (Å²) in [7, 11) is 0. The van der Waals surface area contributed by atoms with Crippen molar-refractivity contribution in [1.29, 1.82) is 0 Å². The minimum atomic E-state index is -0.494. The van der Waals surface area contributed by atoms with Crippen molar-refractivity contribution in [2.75, 3.05) is 18.3 Å². The smallest absolute Gasteiger partial charge is 0.333 e. The van der Waals surface area contributed by atoms with E-state index in [9.17, 15) is 9.59 Å². The zero-order valence-electron chi connectivity index (χ0n) is 14.0. The Morgan fingerprint density at radius 1 is 1.15 bits per heavy atom. The Hall–Kier alpha value is -3.48. The molecule has 0 atom stereocenters. The lowest BCUT2D eigenvalue weighted by atomic mass is 10.1. The van der Waals surface area contributed by atoms with Crippen LogP contribution in [-0.2, 0) is 4.79 Å². The number of para-hydroxylation sites is 1. The lowest BCUT2D eigenvalue weighted by Crippen LogP contribution is -2.30. The largest absolute Gasteiger partial charge is 0.493 e. The minimum absolute atomic E-state index is 0.137. The lowest BCUT2D eigenvalue weighted by molar-refractivity contribution is -0.113. The van der Waals surface area contributed by atoms with Crippen LogP contribution in [0.25, 0.3) is 6.08 Å². The van der Waals surface area contributed by atoms with Gasteiger partial charge >= 0.3 is 6.03 Å². The molecule has 1 N–H and O–H groups in total. The van der Waals surface area contributed by atoms with Crippen molar-refractivity contribution < 1.29 is 23.8 Å². The number of hydrogen-bond acceptors (Lipinski definition) is 5. The molecule has 1 saturated heterocycles. The zero-order chi connectivity index (χ0) is 18.1. The number of amides is 3. The molecule has 0 unspecified atom stereocenters. The van der Waals surface area contributed by atoms with Gasteiger partial charge in [-0.1, -0.05) is 18.2 Å². The molecule has 2 aromatic carbocycles. The summed E-state index contributed by atoms with van der Waals surface area (Å²) in [5.74, 6) is 1.27. The molecule has 1 fully saturated rings. The Bertz CT molecular complexity index is 908. The van der Waals surface area contributed by atoms with Gasteiger partial charge in [-0.2, -0.15) is 0 Å². The maximum Gasteiger partial charge on any atom is 0.333 e. The van der Waals surface area contributed by atoms with Crippen LogP contribution in [0.5, 0.6) is 17.2 Å². The second-order valence-corrected chi connectivity index (χ2v) is 5.64. The predicted molar refractivity (Wildman–Crippen MR) is 94.2 cm³/mol. The normalized spacial score (nSPS) is 17.0. The average Bonchev–Trinajstić information content (AvgIpc) is 3.20. The van der Waals surface area contributed by atoms with Crippen molar-refractivity contribution in [1.82, 2.24) is 5.32 Å². The van der Waals surface area contributed by atoms with Crippen LogP contribution >= 0.6 is 0 Å². The SMILES string of the molecule is CCOc1cc2c(cc1/C=C1\NC(=O)N(c3ccccc3)C1=O)OCO2. The maximum absolute atomic E-state index is 12.7. The van der Waals surface area contributed by atoms with Crippen LogP contribution in [0.4, 0.5) is 10.5 Å². The summed E-state index contributed by atoms with van der Waals surface area (Å²) in [5, 5.41) is 2.61. The van der Waals surface area contributed by atoms with E-state index in [0.717, 1.165) is 4.90 Å². The van der Waals surface area contributed by atoms with Gasteiger partial charge in [0, 0.05) is 11.6 Å². The average molecular weight is 352 g/mol. The van der Waals surface area contributed by atoms with E-state index >= 15 is 0 Å². The highest BCUT2D eigenvalue weighted by Crippen LogP contribution is 2.39. The fourth-order valence-corrected chi connectivity index (χ4v) is 2.83. The first-order valence-corrected chi connectivity index (χ1v) is 8.16. The van der Waals surface area contributed by atoms with Crippen LogP contribution < -0.4 is 24.4 Å².